The van der Waals surface area contributed by atoms with Gasteiger partial charge in [-0.25, -0.2) is 8.42 Å². The van der Waals surface area contributed by atoms with Crippen molar-refractivity contribution in [3.8, 4) is 5.75 Å². The van der Waals surface area contributed by atoms with Gasteiger partial charge in [0.05, 0.1) is 12.9 Å². The van der Waals surface area contributed by atoms with Crippen LogP contribution in [0.25, 0.3) is 0 Å². The quantitative estimate of drug-likeness (QED) is 0.756. The lowest BCUT2D eigenvalue weighted by Gasteiger charge is -2.29. The molecule has 1 fully saturated rings. The van der Waals surface area contributed by atoms with Crippen LogP contribution in [0, 0.1) is 5.92 Å². The number of anilines is 1. The molecule has 29 heavy (non-hydrogen) atoms. The van der Waals surface area contributed by atoms with Crippen molar-refractivity contribution >= 4 is 21.6 Å². The van der Waals surface area contributed by atoms with Crippen LogP contribution in [0.2, 0.25) is 0 Å². The summed E-state index contributed by atoms with van der Waals surface area (Å²) >= 11 is 0. The molecule has 0 unspecified atom stereocenters. The number of carbonyl (C=O) groups excluding carboxylic acids is 1. The van der Waals surface area contributed by atoms with Gasteiger partial charge in [-0.05, 0) is 66.6 Å². The zero-order valence-electron chi connectivity index (χ0n) is 16.6. The number of rotatable bonds is 7. The summed E-state index contributed by atoms with van der Waals surface area (Å²) in [6, 6.07) is 13.0. The summed E-state index contributed by atoms with van der Waals surface area (Å²) in [6.45, 7) is 1.31. The summed E-state index contributed by atoms with van der Waals surface area (Å²) in [7, 11) is -1.87. The van der Waals surface area contributed by atoms with Gasteiger partial charge >= 0.3 is 0 Å². The SMILES string of the molecule is COc1ccc(CCS(=O)(=O)Nc2ccc3c(c2)CN(C(=O)C2CC2)CC3)cc1. The third kappa shape index (κ3) is 4.90. The molecule has 1 aliphatic carbocycles. The van der Waals surface area contributed by atoms with Gasteiger partial charge in [0, 0.05) is 24.7 Å². The summed E-state index contributed by atoms with van der Waals surface area (Å²) < 4.78 is 32.9. The molecule has 7 heteroatoms. The number of nitrogens with one attached hydrogen (secondary N) is 1. The minimum Gasteiger partial charge on any atom is -0.497 e. The van der Waals surface area contributed by atoms with E-state index in [1.54, 1.807) is 7.11 Å². The number of methoxy groups -OCH3 is 1. The fourth-order valence-electron chi connectivity index (χ4n) is 3.67. The molecule has 6 nitrogen and oxygen atoms in total. The molecule has 0 radical (unpaired) electrons. The maximum Gasteiger partial charge on any atom is 0.233 e. The molecule has 1 saturated carbocycles. The van der Waals surface area contributed by atoms with Crippen LogP contribution >= 0.6 is 0 Å². The van der Waals surface area contributed by atoms with Gasteiger partial charge in [0.15, 0.2) is 0 Å². The van der Waals surface area contributed by atoms with E-state index in [1.807, 2.05) is 47.4 Å². The number of amides is 1. The minimum atomic E-state index is -3.47. The van der Waals surface area contributed by atoms with Crippen LogP contribution in [0.5, 0.6) is 5.75 Å². The Morgan fingerprint density at radius 3 is 2.59 bits per heavy atom. The first kappa shape index (κ1) is 19.8. The van der Waals surface area contributed by atoms with Gasteiger partial charge in [0.2, 0.25) is 15.9 Å². The number of hydrogen-bond donors (Lipinski definition) is 1. The van der Waals surface area contributed by atoms with Crippen molar-refractivity contribution in [1.29, 1.82) is 0 Å². The number of ether oxygens (including phenoxy) is 1. The van der Waals surface area contributed by atoms with Gasteiger partial charge in [-0.1, -0.05) is 18.2 Å². The van der Waals surface area contributed by atoms with E-state index >= 15 is 0 Å². The van der Waals surface area contributed by atoms with Crippen molar-refractivity contribution in [2.24, 2.45) is 5.92 Å². The van der Waals surface area contributed by atoms with Gasteiger partial charge < -0.3 is 9.64 Å². The molecule has 2 aromatic carbocycles. The van der Waals surface area contributed by atoms with Crippen molar-refractivity contribution in [2.45, 2.75) is 32.2 Å². The number of aryl methyl sites for hydroxylation is 1. The first-order valence-corrected chi connectivity index (χ1v) is 11.6. The number of sulfonamides is 1. The second-order valence-electron chi connectivity index (χ2n) is 7.79. The number of hydrogen-bond acceptors (Lipinski definition) is 4. The van der Waals surface area contributed by atoms with E-state index < -0.39 is 10.0 Å². The molecule has 0 atom stereocenters. The molecule has 1 aliphatic heterocycles. The van der Waals surface area contributed by atoms with E-state index in [-0.39, 0.29) is 17.6 Å². The zero-order valence-corrected chi connectivity index (χ0v) is 17.4. The molecule has 2 aromatic rings. The molecule has 2 aliphatic rings. The fraction of sp³-hybridized carbons (Fsp3) is 0.409. The molecule has 1 heterocycles. The van der Waals surface area contributed by atoms with E-state index in [9.17, 15) is 13.2 Å². The smallest absolute Gasteiger partial charge is 0.233 e. The topological polar surface area (TPSA) is 75.7 Å². The zero-order chi connectivity index (χ0) is 20.4. The van der Waals surface area contributed by atoms with Gasteiger partial charge in [-0.2, -0.15) is 0 Å². The molecule has 0 bridgehead atoms. The third-order valence-electron chi connectivity index (χ3n) is 5.55. The normalized spacial score (nSPS) is 16.2. The van der Waals surface area contributed by atoms with Crippen molar-refractivity contribution in [2.75, 3.05) is 24.1 Å². The highest BCUT2D eigenvalue weighted by Crippen LogP contribution is 2.33. The lowest BCUT2D eigenvalue weighted by molar-refractivity contribution is -0.133. The Balaban J connectivity index is 1.39. The number of nitrogens with zero attached hydrogens (tertiary/aromatic N) is 1. The van der Waals surface area contributed by atoms with E-state index in [0.717, 1.165) is 42.7 Å². The van der Waals surface area contributed by atoms with E-state index in [1.165, 1.54) is 5.56 Å². The Morgan fingerprint density at radius 2 is 1.90 bits per heavy atom. The second kappa shape index (κ2) is 8.06. The molecule has 1 amide bonds. The second-order valence-corrected chi connectivity index (χ2v) is 9.63. The molecule has 0 aromatic heterocycles. The Kier molecular flexibility index (Phi) is 5.50. The maximum absolute atomic E-state index is 12.5. The van der Waals surface area contributed by atoms with Crippen LogP contribution in [0.4, 0.5) is 5.69 Å². The third-order valence-corrected chi connectivity index (χ3v) is 6.84. The lowest BCUT2D eigenvalue weighted by atomic mass is 9.99. The summed E-state index contributed by atoms with van der Waals surface area (Å²) in [4.78, 5) is 14.3. The molecule has 1 N–H and O–H groups in total. The first-order chi connectivity index (χ1) is 13.9. The number of carbonyl (C=O) groups is 1. The predicted molar refractivity (Wildman–Crippen MR) is 112 cm³/mol. The number of benzene rings is 2. The van der Waals surface area contributed by atoms with Crippen LogP contribution in [-0.4, -0.2) is 38.6 Å². The molecular weight excluding hydrogens is 388 g/mol. The average Bonchev–Trinajstić information content (AvgIpc) is 3.57. The van der Waals surface area contributed by atoms with E-state index in [4.69, 9.17) is 4.74 Å². The van der Waals surface area contributed by atoms with E-state index in [0.29, 0.717) is 18.7 Å². The number of fused-ring (bicyclic) bond motifs is 1. The predicted octanol–water partition coefficient (Wildman–Crippen LogP) is 2.97. The van der Waals surface area contributed by atoms with Crippen molar-refractivity contribution in [1.82, 2.24) is 4.90 Å². The van der Waals surface area contributed by atoms with Gasteiger partial charge in [-0.15, -0.1) is 0 Å². The molecule has 0 spiro atoms. The molecular formula is C22H26N2O4S. The highest BCUT2D eigenvalue weighted by Gasteiger charge is 2.34. The summed E-state index contributed by atoms with van der Waals surface area (Å²) in [5.74, 6) is 1.19. The highest BCUT2D eigenvalue weighted by molar-refractivity contribution is 7.92. The summed E-state index contributed by atoms with van der Waals surface area (Å²) in [5.41, 5.74) is 3.71. The standard InChI is InChI=1S/C22H26N2O4S/c1-28-21-8-2-16(3-9-21)11-13-29(26,27)23-20-7-6-17-10-12-24(15-19(17)14-20)22(25)18-4-5-18/h2-3,6-9,14,18,23H,4-5,10-13,15H2,1H3. The van der Waals surface area contributed by atoms with Crippen LogP contribution in [-0.2, 0) is 34.2 Å². The van der Waals surface area contributed by atoms with Gasteiger partial charge in [0.25, 0.3) is 0 Å². The average molecular weight is 415 g/mol. The first-order valence-electron chi connectivity index (χ1n) is 9.97. The van der Waals surface area contributed by atoms with Crippen molar-refractivity contribution in [3.05, 3.63) is 59.2 Å². The molecule has 154 valence electrons. The molecule has 0 saturated heterocycles. The van der Waals surface area contributed by atoms with Crippen LogP contribution in [0.15, 0.2) is 42.5 Å². The Bertz CT molecular complexity index is 998. The van der Waals surface area contributed by atoms with Crippen LogP contribution < -0.4 is 9.46 Å². The summed E-state index contributed by atoms with van der Waals surface area (Å²) in [6.07, 6.45) is 3.23. The van der Waals surface area contributed by atoms with Crippen molar-refractivity contribution < 1.29 is 17.9 Å². The van der Waals surface area contributed by atoms with Gasteiger partial charge in [-0.3, -0.25) is 9.52 Å². The lowest BCUT2D eigenvalue weighted by Crippen LogP contribution is -2.36. The van der Waals surface area contributed by atoms with Crippen LogP contribution in [0.3, 0.4) is 0 Å². The Labute approximate surface area is 171 Å². The highest BCUT2D eigenvalue weighted by atomic mass is 32.2. The van der Waals surface area contributed by atoms with Crippen LogP contribution in [0.1, 0.15) is 29.5 Å². The Morgan fingerprint density at radius 1 is 1.14 bits per heavy atom. The van der Waals surface area contributed by atoms with Gasteiger partial charge in [0.1, 0.15) is 5.75 Å². The largest absolute Gasteiger partial charge is 0.497 e. The van der Waals surface area contributed by atoms with Crippen molar-refractivity contribution in [3.63, 3.8) is 0 Å². The Hall–Kier alpha value is -2.54. The monoisotopic (exact) mass is 414 g/mol. The minimum absolute atomic E-state index is 0.00268. The van der Waals surface area contributed by atoms with E-state index in [2.05, 4.69) is 4.72 Å². The molecule has 4 rings (SSSR count). The maximum atomic E-state index is 12.5. The summed E-state index contributed by atoms with van der Waals surface area (Å²) in [5, 5.41) is 0. The fourth-order valence-corrected chi connectivity index (χ4v) is 4.76.